The number of aliphatic carboxylic acids is 1. The minimum Gasteiger partial charge on any atom is -0.477 e. The number of nitrogens with one attached hydrogen (secondary N) is 1. The van der Waals surface area contributed by atoms with Crippen LogP contribution in [-0.4, -0.2) is 62.5 Å². The van der Waals surface area contributed by atoms with Gasteiger partial charge in [0.05, 0.1) is 18.1 Å². The minimum atomic E-state index is -1.04. The second-order valence-corrected chi connectivity index (χ2v) is 10.3. The predicted octanol–water partition coefficient (Wildman–Crippen LogP) is 1.26. The van der Waals surface area contributed by atoms with Crippen LogP contribution in [0.1, 0.15) is 52.4 Å². The van der Waals surface area contributed by atoms with Gasteiger partial charge in [-0.25, -0.2) is 4.79 Å². The number of nitrogens with two attached hydrogens (primary N) is 1. The third-order valence-electron chi connectivity index (χ3n) is 6.94. The van der Waals surface area contributed by atoms with E-state index in [-0.39, 0.29) is 23.6 Å². The van der Waals surface area contributed by atoms with Crippen molar-refractivity contribution in [2.24, 2.45) is 17.6 Å². The number of hydrogen-bond acceptors (Lipinski definition) is 6. The first-order chi connectivity index (χ1) is 13.3. The van der Waals surface area contributed by atoms with Gasteiger partial charge in [-0.3, -0.25) is 4.79 Å². The van der Waals surface area contributed by atoms with Crippen LogP contribution in [0.15, 0.2) is 10.6 Å². The molecule has 5 N–H and O–H groups in total. The number of thioether (sulfide) groups is 1. The van der Waals surface area contributed by atoms with Crippen molar-refractivity contribution in [1.82, 2.24) is 10.2 Å². The summed E-state index contributed by atoms with van der Waals surface area (Å²) in [6.07, 6.45) is 5.75. The minimum absolute atomic E-state index is 0.0414. The monoisotopic (exact) mass is 409 g/mol. The molecular weight excluding hydrogens is 378 g/mol. The molecule has 3 fully saturated rings. The molecule has 1 saturated heterocycles. The molecule has 0 bridgehead atoms. The summed E-state index contributed by atoms with van der Waals surface area (Å²) in [5.74, 6) is -1.83. The van der Waals surface area contributed by atoms with E-state index in [1.165, 1.54) is 4.90 Å². The summed E-state index contributed by atoms with van der Waals surface area (Å²) < 4.78 is 0. The largest absolute Gasteiger partial charge is 0.477 e. The Kier molecular flexibility index (Phi) is 5.50. The Labute approximate surface area is 170 Å². The van der Waals surface area contributed by atoms with E-state index in [0.29, 0.717) is 23.4 Å². The maximum absolute atomic E-state index is 12.4. The number of hydrogen-bond donors (Lipinski definition) is 4. The van der Waals surface area contributed by atoms with E-state index in [4.69, 9.17) is 5.73 Å². The first-order valence-corrected chi connectivity index (χ1v) is 11.3. The molecule has 0 unspecified atom stereocenters. The summed E-state index contributed by atoms with van der Waals surface area (Å²) >= 11 is 1.63. The Hall–Kier alpha value is -1.09. The molecule has 4 rings (SSSR count). The van der Waals surface area contributed by atoms with Crippen molar-refractivity contribution < 1.29 is 19.8 Å². The van der Waals surface area contributed by atoms with E-state index < -0.39 is 18.0 Å². The van der Waals surface area contributed by atoms with Crippen molar-refractivity contribution >= 4 is 23.6 Å². The maximum atomic E-state index is 12.4. The molecule has 4 aliphatic rings. The molecule has 156 valence electrons. The zero-order valence-corrected chi connectivity index (χ0v) is 17.3. The summed E-state index contributed by atoms with van der Waals surface area (Å²) in [5.41, 5.74) is 6.12. The van der Waals surface area contributed by atoms with Crippen molar-refractivity contribution in [3.05, 3.63) is 10.6 Å². The number of carbonyl (C=O) groups is 2. The van der Waals surface area contributed by atoms with Crippen molar-refractivity contribution in [2.45, 2.75) is 87.9 Å². The number of aliphatic hydroxyl groups is 1. The number of fused-ring (bicyclic) bond motifs is 1. The van der Waals surface area contributed by atoms with Crippen LogP contribution in [0, 0.1) is 11.8 Å². The molecule has 2 aliphatic carbocycles. The highest BCUT2D eigenvalue weighted by molar-refractivity contribution is 8.03. The molecule has 28 heavy (non-hydrogen) atoms. The quantitative estimate of drug-likeness (QED) is 0.488. The Morgan fingerprint density at radius 2 is 1.89 bits per heavy atom. The third kappa shape index (κ3) is 3.38. The number of carboxylic acids is 1. The van der Waals surface area contributed by atoms with Gasteiger partial charge in [-0.2, -0.15) is 0 Å². The first-order valence-electron chi connectivity index (χ1n) is 10.4. The van der Waals surface area contributed by atoms with Gasteiger partial charge < -0.3 is 26.2 Å². The van der Waals surface area contributed by atoms with Crippen molar-refractivity contribution in [3.63, 3.8) is 0 Å². The molecule has 7 nitrogen and oxygen atoms in total. The van der Waals surface area contributed by atoms with Gasteiger partial charge in [-0.15, -0.1) is 11.8 Å². The van der Waals surface area contributed by atoms with Gasteiger partial charge in [-0.1, -0.05) is 6.92 Å². The Balaban J connectivity index is 1.36. The molecule has 0 aromatic heterocycles. The smallest absolute Gasteiger partial charge is 0.353 e. The molecule has 8 heteroatoms. The lowest BCUT2D eigenvalue weighted by molar-refractivity contribution is -0.163. The van der Waals surface area contributed by atoms with Gasteiger partial charge in [0.2, 0.25) is 5.91 Å². The number of nitrogens with zero attached hydrogens (tertiary/aromatic N) is 1. The Morgan fingerprint density at radius 3 is 2.46 bits per heavy atom. The SMILES string of the molecule is C[C@@H](O)[C@H]1C(=O)N2C(C(=O)O)=C(S[C@H]3C[C@@H](N[C@H]4CC[C@H](N)CC4)C3)[C@H](C)[C@H]12. The van der Waals surface area contributed by atoms with Gasteiger partial charge in [0.1, 0.15) is 5.70 Å². The van der Waals surface area contributed by atoms with Gasteiger partial charge in [0, 0.05) is 34.2 Å². The van der Waals surface area contributed by atoms with Crippen LogP contribution >= 0.6 is 11.8 Å². The van der Waals surface area contributed by atoms with Gasteiger partial charge in [0.25, 0.3) is 0 Å². The Morgan fingerprint density at radius 1 is 1.25 bits per heavy atom. The van der Waals surface area contributed by atoms with Crippen LogP contribution in [0.3, 0.4) is 0 Å². The highest BCUT2D eigenvalue weighted by atomic mass is 32.2. The van der Waals surface area contributed by atoms with E-state index in [1.807, 2.05) is 6.92 Å². The summed E-state index contributed by atoms with van der Waals surface area (Å²) in [5, 5.41) is 23.8. The first kappa shape index (κ1) is 20.2. The normalized spacial score (nSPS) is 41.4. The van der Waals surface area contributed by atoms with Crippen LogP contribution in [0.25, 0.3) is 0 Å². The number of rotatable bonds is 6. The molecule has 0 aromatic carbocycles. The fourth-order valence-electron chi connectivity index (χ4n) is 5.28. The Bertz CT molecular complexity index is 683. The molecule has 1 amide bonds. The van der Waals surface area contributed by atoms with Crippen molar-refractivity contribution in [2.75, 3.05) is 0 Å². The summed E-state index contributed by atoms with van der Waals surface area (Å²) in [6.45, 7) is 3.59. The molecular formula is C20H31N3O4S. The molecule has 0 spiro atoms. The number of β-lactam (4-membered cyclic amide) rings is 1. The van der Waals surface area contributed by atoms with Crippen LogP contribution in [0.2, 0.25) is 0 Å². The lowest BCUT2D eigenvalue weighted by atomic mass is 9.79. The highest BCUT2D eigenvalue weighted by Crippen LogP contribution is 2.53. The van der Waals surface area contributed by atoms with E-state index in [2.05, 4.69) is 5.32 Å². The summed E-state index contributed by atoms with van der Waals surface area (Å²) in [7, 11) is 0. The van der Waals surface area contributed by atoms with E-state index in [9.17, 15) is 19.8 Å². The van der Waals surface area contributed by atoms with Gasteiger partial charge in [-0.05, 0) is 45.4 Å². The topological polar surface area (TPSA) is 116 Å². The molecule has 2 aliphatic heterocycles. The standard InChI is InChI=1S/C20H31N3O4S/c1-9-16-15(10(2)24)19(25)23(16)17(20(26)27)18(9)28-14-7-13(8-14)22-12-5-3-11(21)4-6-12/h9-16,22,24H,3-8,21H2,1-2H3,(H,26,27)/t9-,10-,11-,12-,13-,14+,15-,16-/m1/s1. The summed E-state index contributed by atoms with van der Waals surface area (Å²) in [6, 6.07) is 1.18. The van der Waals surface area contributed by atoms with Gasteiger partial charge in [0.15, 0.2) is 0 Å². The zero-order chi connectivity index (χ0) is 20.2. The van der Waals surface area contributed by atoms with Crippen LogP contribution in [0.5, 0.6) is 0 Å². The molecule has 4 atom stereocenters. The van der Waals surface area contributed by atoms with E-state index >= 15 is 0 Å². The lowest BCUT2D eigenvalue weighted by Gasteiger charge is -2.46. The van der Waals surface area contributed by atoms with Crippen LogP contribution in [-0.2, 0) is 9.59 Å². The predicted molar refractivity (Wildman–Crippen MR) is 107 cm³/mol. The maximum Gasteiger partial charge on any atom is 0.353 e. The van der Waals surface area contributed by atoms with E-state index in [1.54, 1.807) is 18.7 Å². The van der Waals surface area contributed by atoms with Gasteiger partial charge >= 0.3 is 5.97 Å². The molecule has 0 radical (unpaired) electrons. The van der Waals surface area contributed by atoms with Crippen LogP contribution in [0.4, 0.5) is 0 Å². The highest BCUT2D eigenvalue weighted by Gasteiger charge is 2.60. The molecule has 0 aromatic rings. The lowest BCUT2D eigenvalue weighted by Crippen LogP contribution is -2.63. The average Bonchev–Trinajstić information content (AvgIpc) is 2.83. The second-order valence-electron chi connectivity index (χ2n) is 8.96. The zero-order valence-electron chi connectivity index (χ0n) is 16.5. The van der Waals surface area contributed by atoms with Crippen molar-refractivity contribution in [3.8, 4) is 0 Å². The summed E-state index contributed by atoms with van der Waals surface area (Å²) in [4.78, 5) is 26.5. The van der Waals surface area contributed by atoms with E-state index in [0.717, 1.165) is 43.4 Å². The van der Waals surface area contributed by atoms with Crippen LogP contribution < -0.4 is 11.1 Å². The van der Waals surface area contributed by atoms with Crippen molar-refractivity contribution in [1.29, 1.82) is 0 Å². The number of amides is 1. The fourth-order valence-corrected chi connectivity index (χ4v) is 6.94. The molecule has 2 heterocycles. The number of aliphatic hydroxyl groups excluding tert-OH is 1. The fraction of sp³-hybridized carbons (Fsp3) is 0.800. The second kappa shape index (κ2) is 7.63. The average molecular weight is 410 g/mol. The number of carboxylic acid groups (broad SMARTS) is 1. The number of carbonyl (C=O) groups excluding carboxylic acids is 1. The molecule has 2 saturated carbocycles. The third-order valence-corrected chi connectivity index (χ3v) is 8.48.